The lowest BCUT2D eigenvalue weighted by Crippen LogP contribution is -2.47. The molecule has 0 spiro atoms. The van der Waals surface area contributed by atoms with Crippen molar-refractivity contribution in [3.05, 3.63) is 24.3 Å². The second-order valence-electron chi connectivity index (χ2n) is 5.72. The molecule has 0 aliphatic carbocycles. The first kappa shape index (κ1) is 16.9. The quantitative estimate of drug-likeness (QED) is 0.845. The van der Waals surface area contributed by atoms with Crippen molar-refractivity contribution < 1.29 is 17.9 Å². The van der Waals surface area contributed by atoms with Crippen LogP contribution in [0.25, 0.3) is 0 Å². The number of carbonyl (C=O) groups is 1. The van der Waals surface area contributed by atoms with Gasteiger partial charge in [-0.25, -0.2) is 8.42 Å². The molecular weight excluding hydrogens is 304 g/mol. The fourth-order valence-corrected chi connectivity index (χ4v) is 3.35. The topological polar surface area (TPSA) is 84.5 Å². The number of hydrogen-bond donors (Lipinski definition) is 2. The van der Waals surface area contributed by atoms with Gasteiger partial charge >= 0.3 is 0 Å². The molecule has 2 N–H and O–H groups in total. The van der Waals surface area contributed by atoms with Crippen LogP contribution in [-0.4, -0.2) is 47.4 Å². The summed E-state index contributed by atoms with van der Waals surface area (Å²) in [5.41, 5.74) is -0.0805. The Morgan fingerprint density at radius 3 is 2.64 bits per heavy atom. The van der Waals surface area contributed by atoms with Crippen molar-refractivity contribution in [3.63, 3.8) is 0 Å². The first-order valence-corrected chi connectivity index (χ1v) is 9.08. The summed E-state index contributed by atoms with van der Waals surface area (Å²) in [5, 5.41) is 6.07. The lowest BCUT2D eigenvalue weighted by molar-refractivity contribution is -0.130. The van der Waals surface area contributed by atoms with E-state index in [0.29, 0.717) is 25.1 Å². The van der Waals surface area contributed by atoms with Gasteiger partial charge in [0.25, 0.3) is 0 Å². The Morgan fingerprint density at radius 1 is 1.36 bits per heavy atom. The average molecular weight is 326 g/mol. The molecule has 122 valence electrons. The maximum absolute atomic E-state index is 12.7. The number of anilines is 1. The van der Waals surface area contributed by atoms with Crippen LogP contribution in [0.3, 0.4) is 0 Å². The van der Waals surface area contributed by atoms with E-state index in [-0.39, 0.29) is 10.8 Å². The molecule has 0 aromatic heterocycles. The molecule has 1 aliphatic rings. The lowest BCUT2D eigenvalue weighted by atomic mass is 9.78. The van der Waals surface area contributed by atoms with Crippen LogP contribution < -0.4 is 10.6 Å². The van der Waals surface area contributed by atoms with Crippen molar-refractivity contribution in [1.82, 2.24) is 5.32 Å². The van der Waals surface area contributed by atoms with Crippen LogP contribution in [-0.2, 0) is 19.4 Å². The third-order valence-corrected chi connectivity index (χ3v) is 5.09. The second kappa shape index (κ2) is 6.76. The maximum atomic E-state index is 12.7. The molecule has 1 aromatic rings. The minimum absolute atomic E-state index is 0.124. The van der Waals surface area contributed by atoms with Crippen molar-refractivity contribution in [2.75, 3.05) is 38.4 Å². The summed E-state index contributed by atoms with van der Waals surface area (Å²) in [5.74, 6) is -0.124. The van der Waals surface area contributed by atoms with Crippen LogP contribution in [0.4, 0.5) is 5.69 Å². The van der Waals surface area contributed by atoms with E-state index in [9.17, 15) is 13.2 Å². The highest BCUT2D eigenvalue weighted by Gasteiger charge is 2.39. The molecule has 1 aromatic carbocycles. The van der Waals surface area contributed by atoms with E-state index in [1.165, 1.54) is 12.1 Å². The van der Waals surface area contributed by atoms with Crippen LogP contribution in [0.15, 0.2) is 29.2 Å². The van der Waals surface area contributed by atoms with E-state index in [0.717, 1.165) is 19.3 Å². The summed E-state index contributed by atoms with van der Waals surface area (Å²) in [6.45, 7) is 1.88. The minimum Gasteiger partial charge on any atom is -0.384 e. The Morgan fingerprint density at radius 2 is 2.05 bits per heavy atom. The Balaban J connectivity index is 2.20. The molecule has 1 saturated heterocycles. The van der Waals surface area contributed by atoms with Crippen LogP contribution in [0, 0.1) is 5.41 Å². The number of hydrogen-bond acceptors (Lipinski definition) is 5. The van der Waals surface area contributed by atoms with Gasteiger partial charge in [-0.15, -0.1) is 0 Å². The molecule has 1 aliphatic heterocycles. The number of rotatable bonds is 5. The molecule has 22 heavy (non-hydrogen) atoms. The Bertz CT molecular complexity index is 631. The summed E-state index contributed by atoms with van der Waals surface area (Å²) in [6.07, 6.45) is 2.53. The van der Waals surface area contributed by atoms with E-state index in [1.807, 2.05) is 0 Å². The number of benzene rings is 1. The number of sulfone groups is 1. The fourth-order valence-electron chi connectivity index (χ4n) is 2.69. The van der Waals surface area contributed by atoms with Crippen molar-refractivity contribution in [2.45, 2.75) is 17.7 Å². The molecule has 6 nitrogen and oxygen atoms in total. The van der Waals surface area contributed by atoms with Gasteiger partial charge < -0.3 is 15.4 Å². The van der Waals surface area contributed by atoms with Crippen molar-refractivity contribution in [1.29, 1.82) is 0 Å². The molecule has 0 atom stereocenters. The summed E-state index contributed by atoms with van der Waals surface area (Å²) in [7, 11) is -1.71. The fraction of sp³-hybridized carbons (Fsp3) is 0.533. The number of piperidine rings is 1. The van der Waals surface area contributed by atoms with Crippen molar-refractivity contribution >= 4 is 21.4 Å². The summed E-state index contributed by atoms with van der Waals surface area (Å²) >= 11 is 0. The number of nitrogens with one attached hydrogen (secondary N) is 2. The van der Waals surface area contributed by atoms with Crippen LogP contribution in [0.5, 0.6) is 0 Å². The normalized spacial score (nSPS) is 17.9. The first-order chi connectivity index (χ1) is 10.4. The summed E-state index contributed by atoms with van der Waals surface area (Å²) in [6, 6.07) is 6.31. The highest BCUT2D eigenvalue weighted by Crippen LogP contribution is 2.31. The molecular formula is C15H22N2O4S. The zero-order valence-electron chi connectivity index (χ0n) is 12.9. The lowest BCUT2D eigenvalue weighted by Gasteiger charge is -2.35. The van der Waals surface area contributed by atoms with Crippen LogP contribution in [0.1, 0.15) is 12.8 Å². The summed E-state index contributed by atoms with van der Waals surface area (Å²) < 4.78 is 28.4. The van der Waals surface area contributed by atoms with Gasteiger partial charge in [-0.2, -0.15) is 0 Å². The van der Waals surface area contributed by atoms with Gasteiger partial charge in [-0.05, 0) is 44.1 Å². The Kier molecular flexibility index (Phi) is 5.20. The predicted octanol–water partition coefficient (Wildman–Crippen LogP) is 1.04. The van der Waals surface area contributed by atoms with Gasteiger partial charge in [-0.3, -0.25) is 4.79 Å². The van der Waals surface area contributed by atoms with Crippen molar-refractivity contribution in [2.24, 2.45) is 5.41 Å². The highest BCUT2D eigenvalue weighted by molar-refractivity contribution is 7.90. The van der Waals surface area contributed by atoms with Gasteiger partial charge in [0.15, 0.2) is 9.84 Å². The number of carbonyl (C=O) groups excluding carboxylic acids is 1. The second-order valence-corrected chi connectivity index (χ2v) is 7.73. The third-order valence-electron chi connectivity index (χ3n) is 3.98. The zero-order chi connectivity index (χ0) is 16.2. The molecule has 7 heteroatoms. The summed E-state index contributed by atoms with van der Waals surface area (Å²) in [4.78, 5) is 12.9. The molecule has 1 fully saturated rings. The zero-order valence-corrected chi connectivity index (χ0v) is 13.7. The maximum Gasteiger partial charge on any atom is 0.233 e. The van der Waals surface area contributed by atoms with E-state index in [1.54, 1.807) is 19.2 Å². The van der Waals surface area contributed by atoms with Crippen LogP contribution in [0.2, 0.25) is 0 Å². The number of amides is 1. The average Bonchev–Trinajstić information content (AvgIpc) is 2.48. The Labute approximate surface area is 131 Å². The predicted molar refractivity (Wildman–Crippen MR) is 84.6 cm³/mol. The minimum atomic E-state index is -3.30. The molecule has 0 radical (unpaired) electrons. The molecule has 0 bridgehead atoms. The largest absolute Gasteiger partial charge is 0.384 e. The van der Waals surface area contributed by atoms with Gasteiger partial charge in [-0.1, -0.05) is 6.07 Å². The molecule has 0 saturated carbocycles. The van der Waals surface area contributed by atoms with Gasteiger partial charge in [0.05, 0.1) is 16.9 Å². The smallest absolute Gasteiger partial charge is 0.233 e. The van der Waals surface area contributed by atoms with Gasteiger partial charge in [0.2, 0.25) is 5.91 Å². The van der Waals surface area contributed by atoms with Gasteiger partial charge in [0.1, 0.15) is 0 Å². The monoisotopic (exact) mass is 326 g/mol. The van der Waals surface area contributed by atoms with Gasteiger partial charge in [0, 0.05) is 19.1 Å². The van der Waals surface area contributed by atoms with Crippen molar-refractivity contribution in [3.8, 4) is 0 Å². The number of ether oxygens (including phenoxy) is 1. The first-order valence-electron chi connectivity index (χ1n) is 7.19. The third kappa shape index (κ3) is 3.85. The number of methoxy groups -OCH3 is 1. The SMILES string of the molecule is COCC1(C(=O)Nc2cccc(S(C)(=O)=O)c2)CCNCC1. The van der Waals surface area contributed by atoms with E-state index in [2.05, 4.69) is 10.6 Å². The van der Waals surface area contributed by atoms with E-state index < -0.39 is 15.3 Å². The molecule has 1 heterocycles. The molecule has 0 unspecified atom stereocenters. The van der Waals surface area contributed by atoms with E-state index in [4.69, 9.17) is 4.74 Å². The highest BCUT2D eigenvalue weighted by atomic mass is 32.2. The Hall–Kier alpha value is -1.44. The molecule has 1 amide bonds. The standard InChI is InChI=1S/C15H22N2O4S/c1-21-11-15(6-8-16-9-7-15)14(18)17-12-4-3-5-13(10-12)22(2,19)20/h3-5,10,16H,6-9,11H2,1-2H3,(H,17,18). The molecule has 2 rings (SSSR count). The van der Waals surface area contributed by atoms with E-state index >= 15 is 0 Å². The van der Waals surface area contributed by atoms with Crippen LogP contribution >= 0.6 is 0 Å².